The highest BCUT2D eigenvalue weighted by molar-refractivity contribution is 5.66. The molecule has 0 bridgehead atoms. The van der Waals surface area contributed by atoms with Crippen molar-refractivity contribution in [2.75, 3.05) is 26.3 Å². The predicted molar refractivity (Wildman–Crippen MR) is 125 cm³/mol. The maximum Gasteiger partial charge on any atom is 0.258 e. The molecule has 8 heteroatoms. The van der Waals surface area contributed by atoms with Gasteiger partial charge in [-0.2, -0.15) is 10.2 Å². The molecule has 0 fully saturated rings. The normalized spacial score (nSPS) is 12.1. The summed E-state index contributed by atoms with van der Waals surface area (Å²) in [6, 6.07) is 13.8. The highest BCUT2D eigenvalue weighted by Crippen LogP contribution is 2.32. The number of aliphatic hydroxyl groups excluding tert-OH is 2. The summed E-state index contributed by atoms with van der Waals surface area (Å²) in [5, 5.41) is 32.6. The van der Waals surface area contributed by atoms with Gasteiger partial charge in [-0.15, -0.1) is 0 Å². The Bertz CT molecular complexity index is 1080. The van der Waals surface area contributed by atoms with Crippen molar-refractivity contribution in [3.8, 4) is 34.7 Å². The smallest absolute Gasteiger partial charge is 0.258 e. The summed E-state index contributed by atoms with van der Waals surface area (Å²) < 4.78 is 11.1. The lowest BCUT2D eigenvalue weighted by Gasteiger charge is -2.11. The minimum atomic E-state index is 0.00290. The molecule has 1 aromatic heterocycles. The standard InChI is InChI=1S/C21H19N3O2.C4H11NO2/c1-13(2)25-19-10-9-15(11-16(19)12-22)21-23-20(24-26-21)18-8-4-6-14-5-3-7-17(14)18;6-3-1-5-2-4-7/h4,6,8-11,13H,3,5,7H2,1-2H3;5-7H,1-4H2. The third-order valence-corrected chi connectivity index (χ3v) is 5.10. The van der Waals surface area contributed by atoms with E-state index in [4.69, 9.17) is 19.5 Å². The van der Waals surface area contributed by atoms with Crippen LogP contribution in [0.4, 0.5) is 0 Å². The minimum Gasteiger partial charge on any atom is -0.490 e. The van der Waals surface area contributed by atoms with Gasteiger partial charge in [-0.25, -0.2) is 0 Å². The lowest BCUT2D eigenvalue weighted by atomic mass is 10.0. The lowest BCUT2D eigenvalue weighted by molar-refractivity contribution is 0.241. The molecule has 0 spiro atoms. The number of nitrogens with zero attached hydrogens (tertiary/aromatic N) is 3. The van der Waals surface area contributed by atoms with Gasteiger partial charge >= 0.3 is 0 Å². The second-order valence-electron chi connectivity index (χ2n) is 7.91. The molecule has 33 heavy (non-hydrogen) atoms. The predicted octanol–water partition coefficient (Wildman–Crippen LogP) is 3.11. The fourth-order valence-electron chi connectivity index (χ4n) is 3.67. The van der Waals surface area contributed by atoms with E-state index in [0.29, 0.717) is 41.7 Å². The van der Waals surface area contributed by atoms with Gasteiger partial charge in [0.15, 0.2) is 0 Å². The molecule has 0 saturated heterocycles. The monoisotopic (exact) mass is 450 g/mol. The van der Waals surface area contributed by atoms with Crippen LogP contribution in [0.2, 0.25) is 0 Å². The molecule has 3 aromatic rings. The fourth-order valence-corrected chi connectivity index (χ4v) is 3.67. The van der Waals surface area contributed by atoms with E-state index >= 15 is 0 Å². The van der Waals surface area contributed by atoms with Crippen LogP contribution in [-0.4, -0.2) is 52.8 Å². The van der Waals surface area contributed by atoms with E-state index in [0.717, 1.165) is 18.4 Å². The van der Waals surface area contributed by atoms with Gasteiger partial charge < -0.3 is 24.8 Å². The van der Waals surface area contributed by atoms with E-state index in [1.165, 1.54) is 17.5 Å². The molecule has 0 radical (unpaired) electrons. The number of rotatable bonds is 8. The van der Waals surface area contributed by atoms with Gasteiger partial charge in [-0.3, -0.25) is 0 Å². The molecule has 0 atom stereocenters. The van der Waals surface area contributed by atoms with Gasteiger partial charge in [0.05, 0.1) is 24.9 Å². The van der Waals surface area contributed by atoms with E-state index in [9.17, 15) is 5.26 Å². The Balaban J connectivity index is 0.000000383. The summed E-state index contributed by atoms with van der Waals surface area (Å²) in [6.07, 6.45) is 3.33. The zero-order valence-electron chi connectivity index (χ0n) is 19.0. The van der Waals surface area contributed by atoms with E-state index < -0.39 is 0 Å². The summed E-state index contributed by atoms with van der Waals surface area (Å²) in [4.78, 5) is 4.57. The highest BCUT2D eigenvalue weighted by atomic mass is 16.5. The number of aryl methyl sites for hydroxylation is 1. The first-order valence-electron chi connectivity index (χ1n) is 11.2. The van der Waals surface area contributed by atoms with Crippen molar-refractivity contribution in [1.82, 2.24) is 15.5 Å². The summed E-state index contributed by atoms with van der Waals surface area (Å²) in [5.41, 5.74) is 4.89. The first-order valence-corrected chi connectivity index (χ1v) is 11.2. The zero-order valence-corrected chi connectivity index (χ0v) is 19.0. The van der Waals surface area contributed by atoms with Crippen molar-refractivity contribution in [2.45, 2.75) is 39.2 Å². The van der Waals surface area contributed by atoms with Gasteiger partial charge in [0, 0.05) is 24.2 Å². The minimum absolute atomic E-state index is 0.00290. The second kappa shape index (κ2) is 12.1. The molecule has 8 nitrogen and oxygen atoms in total. The number of fused-ring (bicyclic) bond motifs is 1. The first-order chi connectivity index (χ1) is 16.1. The number of hydrogen-bond acceptors (Lipinski definition) is 8. The van der Waals surface area contributed by atoms with Crippen LogP contribution >= 0.6 is 0 Å². The third kappa shape index (κ3) is 6.39. The molecule has 2 aromatic carbocycles. The van der Waals surface area contributed by atoms with E-state index in [2.05, 4.69) is 27.6 Å². The molecular weight excluding hydrogens is 420 g/mol. The van der Waals surface area contributed by atoms with Crippen LogP contribution in [0.3, 0.4) is 0 Å². The molecule has 1 heterocycles. The van der Waals surface area contributed by atoms with Crippen molar-refractivity contribution < 1.29 is 19.5 Å². The van der Waals surface area contributed by atoms with Gasteiger partial charge in [-0.05, 0) is 62.4 Å². The van der Waals surface area contributed by atoms with Gasteiger partial charge in [0.1, 0.15) is 11.8 Å². The Morgan fingerprint density at radius 2 is 1.94 bits per heavy atom. The molecule has 0 aliphatic heterocycles. The maximum absolute atomic E-state index is 9.40. The van der Waals surface area contributed by atoms with Crippen LogP contribution in [0, 0.1) is 11.3 Å². The van der Waals surface area contributed by atoms with Gasteiger partial charge in [0.25, 0.3) is 5.89 Å². The Morgan fingerprint density at radius 3 is 2.64 bits per heavy atom. The average molecular weight is 451 g/mol. The van der Waals surface area contributed by atoms with Crippen LogP contribution < -0.4 is 10.1 Å². The second-order valence-corrected chi connectivity index (χ2v) is 7.91. The summed E-state index contributed by atoms with van der Waals surface area (Å²) in [5.74, 6) is 1.56. The number of hydrogen-bond donors (Lipinski definition) is 3. The van der Waals surface area contributed by atoms with Crippen molar-refractivity contribution in [1.29, 1.82) is 5.26 Å². The van der Waals surface area contributed by atoms with Crippen molar-refractivity contribution in [3.63, 3.8) is 0 Å². The molecule has 4 rings (SSSR count). The first kappa shape index (κ1) is 24.4. The molecule has 3 N–H and O–H groups in total. The Morgan fingerprint density at radius 1 is 1.15 bits per heavy atom. The lowest BCUT2D eigenvalue weighted by Crippen LogP contribution is -2.21. The fraction of sp³-hybridized carbons (Fsp3) is 0.400. The SMILES string of the molecule is CC(C)Oc1ccc(-c2nc(-c3cccc4c3CCC4)no2)cc1C#N.OCCNCCO. The number of nitrogens with one attached hydrogen (secondary N) is 1. The molecule has 0 unspecified atom stereocenters. The van der Waals surface area contributed by atoms with Crippen LogP contribution in [-0.2, 0) is 12.8 Å². The number of ether oxygens (including phenoxy) is 1. The quantitative estimate of drug-likeness (QED) is 0.447. The van der Waals surface area contributed by atoms with Crippen LogP contribution in [0.25, 0.3) is 22.8 Å². The summed E-state index contributed by atoms with van der Waals surface area (Å²) >= 11 is 0. The van der Waals surface area contributed by atoms with Crippen molar-refractivity contribution >= 4 is 0 Å². The van der Waals surface area contributed by atoms with E-state index in [-0.39, 0.29) is 19.3 Å². The molecule has 0 amide bonds. The van der Waals surface area contributed by atoms with E-state index in [1.54, 1.807) is 12.1 Å². The number of aliphatic hydroxyl groups is 2. The molecule has 1 aliphatic carbocycles. The molecular formula is C25H30N4O4. The van der Waals surface area contributed by atoms with Crippen LogP contribution in [0.5, 0.6) is 5.75 Å². The largest absolute Gasteiger partial charge is 0.490 e. The van der Waals surface area contributed by atoms with Crippen molar-refractivity contribution in [3.05, 3.63) is 53.1 Å². The van der Waals surface area contributed by atoms with Crippen molar-refractivity contribution in [2.24, 2.45) is 0 Å². The number of nitriles is 1. The van der Waals surface area contributed by atoms with Crippen LogP contribution in [0.15, 0.2) is 40.9 Å². The van der Waals surface area contributed by atoms with Gasteiger partial charge in [0.2, 0.25) is 5.82 Å². The molecule has 174 valence electrons. The highest BCUT2D eigenvalue weighted by Gasteiger charge is 2.20. The topological polar surface area (TPSA) is 124 Å². The molecule has 1 aliphatic rings. The maximum atomic E-state index is 9.40. The van der Waals surface area contributed by atoms with Crippen LogP contribution in [0.1, 0.15) is 37.0 Å². The average Bonchev–Trinajstić information content (AvgIpc) is 3.49. The Kier molecular flexibility index (Phi) is 8.95. The number of benzene rings is 2. The Hall–Kier alpha value is -3.25. The Labute approximate surface area is 193 Å². The van der Waals surface area contributed by atoms with Gasteiger partial charge in [-0.1, -0.05) is 23.4 Å². The third-order valence-electron chi connectivity index (χ3n) is 5.10. The summed E-state index contributed by atoms with van der Waals surface area (Å²) in [6.45, 7) is 5.27. The number of aromatic nitrogens is 2. The summed E-state index contributed by atoms with van der Waals surface area (Å²) in [7, 11) is 0. The van der Waals surface area contributed by atoms with E-state index in [1.807, 2.05) is 32.0 Å². The zero-order chi connectivity index (χ0) is 23.6. The molecule has 0 saturated carbocycles.